The van der Waals surface area contributed by atoms with Gasteiger partial charge >= 0.3 is 0 Å². The lowest BCUT2D eigenvalue weighted by molar-refractivity contribution is 0.0658. The van der Waals surface area contributed by atoms with Crippen molar-refractivity contribution in [1.29, 1.82) is 0 Å². The van der Waals surface area contributed by atoms with Gasteiger partial charge in [-0.05, 0) is 33.3 Å². The van der Waals surface area contributed by atoms with E-state index < -0.39 is 0 Å². The summed E-state index contributed by atoms with van der Waals surface area (Å²) < 4.78 is 0. The third kappa shape index (κ3) is 5.01. The highest BCUT2D eigenvalue weighted by Gasteiger charge is 2.22. The molecule has 1 N–H and O–H groups in total. The zero-order valence-electron chi connectivity index (χ0n) is 14.1. The van der Waals surface area contributed by atoms with Crippen molar-refractivity contribution < 1.29 is 9.59 Å². The lowest BCUT2D eigenvalue weighted by Gasteiger charge is -2.32. The first-order valence-electron chi connectivity index (χ1n) is 7.85. The molecule has 1 aliphatic rings. The Morgan fingerprint density at radius 2 is 1.83 bits per heavy atom. The molecule has 1 aliphatic heterocycles. The van der Waals surface area contributed by atoms with Crippen LogP contribution in [0.3, 0.4) is 0 Å². The monoisotopic (exact) mass is 319 g/mol. The lowest BCUT2D eigenvalue weighted by Crippen LogP contribution is -2.47. The van der Waals surface area contributed by atoms with Crippen LogP contribution in [0, 0.1) is 0 Å². The van der Waals surface area contributed by atoms with Gasteiger partial charge in [-0.15, -0.1) is 0 Å². The van der Waals surface area contributed by atoms with E-state index >= 15 is 0 Å². The predicted octanol–water partition coefficient (Wildman–Crippen LogP) is -0.239. The Balaban J connectivity index is 1.98. The van der Waals surface area contributed by atoms with Crippen molar-refractivity contribution in [2.45, 2.75) is 0 Å². The first kappa shape index (κ1) is 17.4. The van der Waals surface area contributed by atoms with Crippen LogP contribution in [0.15, 0.2) is 18.2 Å². The average Bonchev–Trinajstić information content (AvgIpc) is 2.54. The molecule has 1 fully saturated rings. The molecule has 1 aromatic rings. The maximum atomic E-state index is 12.5. The van der Waals surface area contributed by atoms with E-state index in [1.54, 1.807) is 23.1 Å². The van der Waals surface area contributed by atoms with Gasteiger partial charge in [-0.2, -0.15) is 0 Å². The van der Waals surface area contributed by atoms with Gasteiger partial charge in [0.25, 0.3) is 11.8 Å². The van der Waals surface area contributed by atoms with Crippen molar-refractivity contribution >= 4 is 11.8 Å². The summed E-state index contributed by atoms with van der Waals surface area (Å²) in [6.45, 7) is 4.40. The van der Waals surface area contributed by atoms with Crippen molar-refractivity contribution in [2.24, 2.45) is 0 Å². The Kier molecular flexibility index (Phi) is 6.06. The van der Waals surface area contributed by atoms with Gasteiger partial charge in [-0.3, -0.25) is 9.59 Å². The summed E-state index contributed by atoms with van der Waals surface area (Å²) in [5.74, 6) is -0.360. The topological polar surface area (TPSA) is 68.8 Å². The van der Waals surface area contributed by atoms with Crippen molar-refractivity contribution in [3.8, 4) is 0 Å². The summed E-state index contributed by atoms with van der Waals surface area (Å²) in [6, 6.07) is 5.00. The number of carbonyl (C=O) groups excluding carboxylic acids is 2. The summed E-state index contributed by atoms with van der Waals surface area (Å²) in [4.78, 5) is 34.8. The van der Waals surface area contributed by atoms with Crippen LogP contribution < -0.4 is 5.32 Å². The van der Waals surface area contributed by atoms with Gasteiger partial charge in [0, 0.05) is 39.3 Å². The fourth-order valence-corrected chi connectivity index (χ4v) is 2.34. The van der Waals surface area contributed by atoms with E-state index in [0.717, 1.165) is 19.6 Å². The molecule has 7 heteroatoms. The second-order valence-corrected chi connectivity index (χ2v) is 6.06. The van der Waals surface area contributed by atoms with E-state index in [4.69, 9.17) is 0 Å². The highest BCUT2D eigenvalue weighted by Crippen LogP contribution is 2.07. The molecule has 0 radical (unpaired) electrons. The number of nitrogens with one attached hydrogen (secondary N) is 1. The summed E-state index contributed by atoms with van der Waals surface area (Å²) in [7, 11) is 5.93. The van der Waals surface area contributed by atoms with Crippen LogP contribution >= 0.6 is 0 Å². The van der Waals surface area contributed by atoms with E-state index in [1.165, 1.54) is 0 Å². The van der Waals surface area contributed by atoms with E-state index in [-0.39, 0.29) is 17.5 Å². The van der Waals surface area contributed by atoms with Gasteiger partial charge in [0.1, 0.15) is 11.4 Å². The number of pyridine rings is 1. The Morgan fingerprint density at radius 1 is 1.17 bits per heavy atom. The van der Waals surface area contributed by atoms with Crippen molar-refractivity contribution in [3.05, 3.63) is 29.6 Å². The van der Waals surface area contributed by atoms with E-state index in [0.29, 0.717) is 25.3 Å². The molecule has 0 aliphatic carbocycles. The van der Waals surface area contributed by atoms with Gasteiger partial charge in [-0.1, -0.05) is 6.07 Å². The molecule has 1 saturated heterocycles. The maximum Gasteiger partial charge on any atom is 0.272 e. The van der Waals surface area contributed by atoms with Crippen LogP contribution in [-0.2, 0) is 0 Å². The number of carbonyl (C=O) groups is 2. The summed E-state index contributed by atoms with van der Waals surface area (Å²) in [6.07, 6.45) is 0. The molecule has 0 aromatic carbocycles. The number of hydrogen-bond donors (Lipinski definition) is 1. The number of piperazine rings is 1. The second-order valence-electron chi connectivity index (χ2n) is 6.06. The maximum absolute atomic E-state index is 12.5. The van der Waals surface area contributed by atoms with E-state index in [9.17, 15) is 9.59 Å². The van der Waals surface area contributed by atoms with Gasteiger partial charge < -0.3 is 20.0 Å². The zero-order valence-corrected chi connectivity index (χ0v) is 14.1. The number of amides is 2. The number of hydrogen-bond acceptors (Lipinski definition) is 5. The number of nitrogens with zero attached hydrogens (tertiary/aromatic N) is 4. The highest BCUT2D eigenvalue weighted by molar-refractivity contribution is 5.96. The number of likely N-dealkylation sites (N-methyl/N-ethyl adjacent to an activating group) is 2. The summed E-state index contributed by atoms with van der Waals surface area (Å²) in [5, 5.41) is 2.81. The van der Waals surface area contributed by atoms with Gasteiger partial charge in [0.15, 0.2) is 0 Å². The first-order valence-corrected chi connectivity index (χ1v) is 7.85. The van der Waals surface area contributed by atoms with Gasteiger partial charge in [-0.25, -0.2) is 4.98 Å². The van der Waals surface area contributed by atoms with Crippen LogP contribution in [-0.4, -0.2) is 91.9 Å². The Bertz CT molecular complexity index is 553. The molecule has 2 amide bonds. The molecule has 0 spiro atoms. The minimum Gasteiger partial charge on any atom is -0.349 e. The third-order valence-corrected chi connectivity index (χ3v) is 3.84. The quantitative estimate of drug-likeness (QED) is 0.811. The summed E-state index contributed by atoms with van der Waals surface area (Å²) >= 11 is 0. The van der Waals surface area contributed by atoms with E-state index in [1.807, 2.05) is 26.0 Å². The van der Waals surface area contributed by atoms with Crippen molar-refractivity contribution in [3.63, 3.8) is 0 Å². The molecule has 0 atom stereocenters. The standard InChI is InChI=1S/C16H25N5O2/c1-19(2)8-7-17-15(22)13-5-4-6-14(18-13)16(23)21-11-9-20(3)10-12-21/h4-6H,7-12H2,1-3H3,(H,17,22). The second kappa shape index (κ2) is 8.03. The molecule has 2 heterocycles. The normalized spacial score (nSPS) is 15.7. The Morgan fingerprint density at radius 3 is 2.48 bits per heavy atom. The van der Waals surface area contributed by atoms with Crippen molar-refractivity contribution in [2.75, 3.05) is 60.4 Å². The smallest absolute Gasteiger partial charge is 0.272 e. The van der Waals surface area contributed by atoms with Crippen LogP contribution in [0.5, 0.6) is 0 Å². The van der Waals surface area contributed by atoms with Crippen LogP contribution in [0.4, 0.5) is 0 Å². The lowest BCUT2D eigenvalue weighted by atomic mass is 10.2. The molecule has 126 valence electrons. The van der Waals surface area contributed by atoms with E-state index in [2.05, 4.69) is 15.2 Å². The minimum atomic E-state index is -0.250. The predicted molar refractivity (Wildman–Crippen MR) is 88.5 cm³/mol. The molecule has 7 nitrogen and oxygen atoms in total. The molecule has 23 heavy (non-hydrogen) atoms. The fraction of sp³-hybridized carbons (Fsp3) is 0.562. The molecule has 0 unspecified atom stereocenters. The SMILES string of the molecule is CN(C)CCNC(=O)c1cccc(C(=O)N2CCN(C)CC2)n1. The number of aromatic nitrogens is 1. The van der Waals surface area contributed by atoms with Crippen LogP contribution in [0.2, 0.25) is 0 Å². The Hall–Kier alpha value is -1.99. The minimum absolute atomic E-state index is 0.110. The Labute approximate surface area is 137 Å². The fourth-order valence-electron chi connectivity index (χ4n) is 2.34. The first-order chi connectivity index (χ1) is 11.0. The number of rotatable bonds is 5. The molecule has 0 saturated carbocycles. The van der Waals surface area contributed by atoms with Gasteiger partial charge in [0.05, 0.1) is 0 Å². The van der Waals surface area contributed by atoms with Gasteiger partial charge in [0.2, 0.25) is 0 Å². The molecular weight excluding hydrogens is 294 g/mol. The van der Waals surface area contributed by atoms with Crippen LogP contribution in [0.1, 0.15) is 21.0 Å². The van der Waals surface area contributed by atoms with Crippen LogP contribution in [0.25, 0.3) is 0 Å². The largest absolute Gasteiger partial charge is 0.349 e. The highest BCUT2D eigenvalue weighted by atomic mass is 16.2. The molecule has 1 aromatic heterocycles. The molecule has 0 bridgehead atoms. The molecular formula is C16H25N5O2. The third-order valence-electron chi connectivity index (χ3n) is 3.84. The zero-order chi connectivity index (χ0) is 16.8. The molecule has 2 rings (SSSR count). The van der Waals surface area contributed by atoms with Crippen molar-refractivity contribution in [1.82, 2.24) is 25.0 Å². The summed E-state index contributed by atoms with van der Waals surface area (Å²) in [5.41, 5.74) is 0.610. The average molecular weight is 319 g/mol.